The molecule has 4 rings (SSSR count). The molecule has 2 aliphatic carbocycles. The Balaban J connectivity index is 1.58. The van der Waals surface area contributed by atoms with Gasteiger partial charge in [0.15, 0.2) is 0 Å². The summed E-state index contributed by atoms with van der Waals surface area (Å²) in [4.78, 5) is 19.9. The highest BCUT2D eigenvalue weighted by atomic mass is 16.1. The minimum absolute atomic E-state index is 0.0752. The predicted molar refractivity (Wildman–Crippen MR) is 97.1 cm³/mol. The fraction of sp³-hybridized carbons (Fsp3) is 0.632. The van der Waals surface area contributed by atoms with Crippen molar-refractivity contribution in [3.63, 3.8) is 0 Å². The van der Waals surface area contributed by atoms with Gasteiger partial charge in [0.25, 0.3) is 5.56 Å². The lowest BCUT2D eigenvalue weighted by molar-refractivity contribution is 0.321. The topological polar surface area (TPSA) is 89.6 Å². The summed E-state index contributed by atoms with van der Waals surface area (Å²) >= 11 is 0. The first-order valence-electron chi connectivity index (χ1n) is 9.45. The van der Waals surface area contributed by atoms with E-state index < -0.39 is 0 Å². The third-order valence-corrected chi connectivity index (χ3v) is 5.68. The molecular weight excluding hydrogens is 314 g/mol. The van der Waals surface area contributed by atoms with Crippen molar-refractivity contribution in [2.75, 3.05) is 0 Å². The Morgan fingerprint density at radius 1 is 1.16 bits per heavy atom. The molecule has 134 valence electrons. The molecule has 0 amide bonds. The van der Waals surface area contributed by atoms with Gasteiger partial charge in [-0.25, -0.2) is 4.98 Å². The van der Waals surface area contributed by atoms with Crippen molar-refractivity contribution in [3.8, 4) is 11.3 Å². The van der Waals surface area contributed by atoms with Crippen LogP contribution < -0.4 is 11.3 Å². The summed E-state index contributed by atoms with van der Waals surface area (Å²) in [5, 5.41) is 4.41. The molecule has 2 heterocycles. The quantitative estimate of drug-likeness (QED) is 0.872. The molecule has 0 spiro atoms. The van der Waals surface area contributed by atoms with Crippen molar-refractivity contribution in [3.05, 3.63) is 34.1 Å². The lowest BCUT2D eigenvalue weighted by atomic mass is 9.84. The summed E-state index contributed by atoms with van der Waals surface area (Å²) in [6, 6.07) is 1.95. The molecule has 6 nitrogen and oxygen atoms in total. The molecule has 0 atom stereocenters. The van der Waals surface area contributed by atoms with Crippen LogP contribution in [0.25, 0.3) is 11.3 Å². The van der Waals surface area contributed by atoms with Gasteiger partial charge in [0.2, 0.25) is 0 Å². The summed E-state index contributed by atoms with van der Waals surface area (Å²) in [5.41, 5.74) is 8.88. The third kappa shape index (κ3) is 3.84. The van der Waals surface area contributed by atoms with Gasteiger partial charge in [-0.15, -0.1) is 0 Å². The number of rotatable bonds is 5. The van der Waals surface area contributed by atoms with E-state index in [1.807, 2.05) is 17.9 Å². The maximum absolute atomic E-state index is 12.2. The smallest absolute Gasteiger partial charge is 0.251 e. The second-order valence-corrected chi connectivity index (χ2v) is 7.84. The maximum atomic E-state index is 12.2. The molecular formula is C19H27N5O. The van der Waals surface area contributed by atoms with Gasteiger partial charge in [-0.05, 0) is 56.8 Å². The minimum atomic E-state index is -0.0752. The Hall–Kier alpha value is -1.95. The monoisotopic (exact) mass is 341 g/mol. The van der Waals surface area contributed by atoms with E-state index in [9.17, 15) is 4.79 Å². The van der Waals surface area contributed by atoms with Crippen molar-refractivity contribution < 1.29 is 0 Å². The zero-order chi connectivity index (χ0) is 17.4. The lowest BCUT2D eigenvalue weighted by Gasteiger charge is -2.25. The highest BCUT2D eigenvalue weighted by Crippen LogP contribution is 2.35. The van der Waals surface area contributed by atoms with Crippen LogP contribution >= 0.6 is 0 Å². The van der Waals surface area contributed by atoms with Crippen LogP contribution in [0.15, 0.2) is 17.1 Å². The SMILES string of the molecule is Cn1ncc(-c2cc(=O)[nH]c(CC3CCC(N)CC3)n2)c1CC1CC1. The average Bonchev–Trinajstić information content (AvgIpc) is 3.32. The molecule has 0 unspecified atom stereocenters. The van der Waals surface area contributed by atoms with Crippen LogP contribution in [-0.2, 0) is 19.9 Å². The van der Waals surface area contributed by atoms with Crippen LogP contribution in [0.2, 0.25) is 0 Å². The van der Waals surface area contributed by atoms with E-state index in [4.69, 9.17) is 10.7 Å². The average molecular weight is 341 g/mol. The Bertz CT molecular complexity index is 796. The van der Waals surface area contributed by atoms with E-state index in [0.717, 1.165) is 61.5 Å². The third-order valence-electron chi connectivity index (χ3n) is 5.68. The second-order valence-electron chi connectivity index (χ2n) is 7.84. The van der Waals surface area contributed by atoms with Gasteiger partial charge in [0, 0.05) is 36.8 Å². The van der Waals surface area contributed by atoms with Crippen LogP contribution in [0.1, 0.15) is 50.0 Å². The lowest BCUT2D eigenvalue weighted by Crippen LogP contribution is -2.28. The summed E-state index contributed by atoms with van der Waals surface area (Å²) in [5.74, 6) is 2.13. The van der Waals surface area contributed by atoms with Crippen molar-refractivity contribution in [1.29, 1.82) is 0 Å². The first kappa shape index (κ1) is 16.5. The molecule has 0 radical (unpaired) electrons. The Labute approximate surface area is 147 Å². The molecule has 0 aliphatic heterocycles. The van der Waals surface area contributed by atoms with Gasteiger partial charge in [-0.3, -0.25) is 9.48 Å². The minimum Gasteiger partial charge on any atom is -0.328 e. The Morgan fingerprint density at radius 3 is 2.56 bits per heavy atom. The second kappa shape index (κ2) is 6.75. The first-order chi connectivity index (χ1) is 12.1. The Kier molecular flexibility index (Phi) is 4.46. The summed E-state index contributed by atoms with van der Waals surface area (Å²) in [6.07, 6.45) is 10.7. The van der Waals surface area contributed by atoms with Gasteiger partial charge in [-0.2, -0.15) is 5.10 Å². The molecule has 0 saturated heterocycles. The van der Waals surface area contributed by atoms with Crippen LogP contribution in [0, 0.1) is 11.8 Å². The number of nitrogens with zero attached hydrogens (tertiary/aromatic N) is 3. The summed E-state index contributed by atoms with van der Waals surface area (Å²) in [7, 11) is 1.97. The molecule has 3 N–H and O–H groups in total. The molecule has 25 heavy (non-hydrogen) atoms. The number of hydrogen-bond acceptors (Lipinski definition) is 4. The number of aryl methyl sites for hydroxylation is 1. The molecule has 2 fully saturated rings. The maximum Gasteiger partial charge on any atom is 0.251 e. The van der Waals surface area contributed by atoms with Crippen LogP contribution in [0.4, 0.5) is 0 Å². The van der Waals surface area contributed by atoms with Crippen LogP contribution in [-0.4, -0.2) is 25.8 Å². The number of nitrogens with one attached hydrogen (secondary N) is 1. The molecule has 2 aromatic rings. The first-order valence-corrected chi connectivity index (χ1v) is 9.45. The number of aromatic nitrogens is 4. The molecule has 2 saturated carbocycles. The highest BCUT2D eigenvalue weighted by molar-refractivity contribution is 5.61. The van der Waals surface area contributed by atoms with E-state index in [2.05, 4.69) is 10.1 Å². The molecule has 2 aliphatic rings. The van der Waals surface area contributed by atoms with Gasteiger partial charge in [0.1, 0.15) is 5.82 Å². The number of nitrogens with two attached hydrogens (primary N) is 1. The fourth-order valence-electron chi connectivity index (χ4n) is 3.92. The largest absolute Gasteiger partial charge is 0.328 e. The van der Waals surface area contributed by atoms with Gasteiger partial charge < -0.3 is 10.7 Å². The van der Waals surface area contributed by atoms with E-state index in [0.29, 0.717) is 12.0 Å². The number of hydrogen-bond donors (Lipinski definition) is 2. The van der Waals surface area contributed by atoms with Gasteiger partial charge in [0.05, 0.1) is 11.9 Å². The summed E-state index contributed by atoms with van der Waals surface area (Å²) in [6.45, 7) is 0. The van der Waals surface area contributed by atoms with Gasteiger partial charge >= 0.3 is 0 Å². The van der Waals surface area contributed by atoms with Crippen molar-refractivity contribution in [2.24, 2.45) is 24.6 Å². The Morgan fingerprint density at radius 2 is 1.84 bits per heavy atom. The van der Waals surface area contributed by atoms with E-state index >= 15 is 0 Å². The van der Waals surface area contributed by atoms with E-state index in [1.165, 1.54) is 18.5 Å². The van der Waals surface area contributed by atoms with Crippen LogP contribution in [0.5, 0.6) is 0 Å². The zero-order valence-electron chi connectivity index (χ0n) is 14.9. The van der Waals surface area contributed by atoms with E-state index in [1.54, 1.807) is 6.07 Å². The number of H-pyrrole nitrogens is 1. The molecule has 6 heteroatoms. The normalized spacial score (nSPS) is 23.8. The van der Waals surface area contributed by atoms with Gasteiger partial charge in [-0.1, -0.05) is 0 Å². The van der Waals surface area contributed by atoms with Crippen LogP contribution in [0.3, 0.4) is 0 Å². The summed E-state index contributed by atoms with van der Waals surface area (Å²) < 4.78 is 1.93. The fourth-order valence-corrected chi connectivity index (χ4v) is 3.92. The number of aromatic amines is 1. The molecule has 0 aromatic carbocycles. The zero-order valence-corrected chi connectivity index (χ0v) is 14.9. The molecule has 2 aromatic heterocycles. The van der Waals surface area contributed by atoms with E-state index in [-0.39, 0.29) is 5.56 Å². The van der Waals surface area contributed by atoms with Crippen molar-refractivity contribution in [1.82, 2.24) is 19.7 Å². The van der Waals surface area contributed by atoms with Crippen molar-refractivity contribution in [2.45, 2.75) is 57.4 Å². The molecule has 0 bridgehead atoms. The van der Waals surface area contributed by atoms with Crippen molar-refractivity contribution >= 4 is 0 Å². The predicted octanol–water partition coefficient (Wildman–Crippen LogP) is 2.18. The highest BCUT2D eigenvalue weighted by Gasteiger charge is 2.26. The standard InChI is InChI=1S/C19H27N5O/c1-24-17(8-12-2-3-12)15(11-21-24)16-10-19(25)23-18(22-16)9-13-4-6-14(20)7-5-13/h10-14H,2-9,20H2,1H3,(H,22,23,25).